The molecule has 0 bridgehead atoms. The fraction of sp³-hybridized carbons (Fsp3) is 0.294. The molecule has 0 aliphatic carbocycles. The van der Waals surface area contributed by atoms with Crippen LogP contribution in [0, 0.1) is 0 Å². The van der Waals surface area contributed by atoms with Crippen molar-refractivity contribution in [2.24, 2.45) is 19.2 Å². The number of rotatable bonds is 3. The van der Waals surface area contributed by atoms with E-state index in [1.807, 2.05) is 30.3 Å². The lowest BCUT2D eigenvalue weighted by Crippen LogP contribution is -2.39. The normalized spacial score (nSPS) is 16.7. The van der Waals surface area contributed by atoms with Crippen molar-refractivity contribution in [2.45, 2.75) is 12.5 Å². The number of alkyl halides is 1. The predicted molar refractivity (Wildman–Crippen MR) is 96.5 cm³/mol. The quantitative estimate of drug-likeness (QED) is 0.798. The maximum atomic E-state index is 12.5. The number of carbonyl (C=O) groups is 1. The summed E-state index contributed by atoms with van der Waals surface area (Å²) in [7, 11) is 2.67. The number of benzene rings is 1. The second-order valence-corrected chi connectivity index (χ2v) is 6.22. The van der Waals surface area contributed by atoms with Crippen molar-refractivity contribution in [3.05, 3.63) is 62.3 Å². The number of aromatic nitrogens is 2. The molecule has 8 nitrogen and oxygen atoms in total. The minimum Gasteiger partial charge on any atom is -0.494 e. The van der Waals surface area contributed by atoms with Gasteiger partial charge in [0.25, 0.3) is 11.5 Å². The van der Waals surface area contributed by atoms with Crippen LogP contribution >= 0.6 is 11.6 Å². The van der Waals surface area contributed by atoms with Crippen LogP contribution in [0.4, 0.5) is 0 Å². The highest BCUT2D eigenvalue weighted by Gasteiger charge is 2.35. The summed E-state index contributed by atoms with van der Waals surface area (Å²) < 4.78 is 1.85. The minimum absolute atomic E-state index is 0.0968. The summed E-state index contributed by atoms with van der Waals surface area (Å²) in [5.74, 6) is -1.17. The first-order valence-electron chi connectivity index (χ1n) is 7.86. The molecule has 1 amide bonds. The summed E-state index contributed by atoms with van der Waals surface area (Å²) in [6, 6.07) is 8.76. The van der Waals surface area contributed by atoms with Crippen LogP contribution in [0.5, 0.6) is 5.88 Å². The molecule has 1 aliphatic rings. The van der Waals surface area contributed by atoms with E-state index in [1.165, 1.54) is 19.1 Å². The van der Waals surface area contributed by atoms with Crippen LogP contribution in [-0.2, 0) is 18.9 Å². The van der Waals surface area contributed by atoms with Gasteiger partial charge in [0, 0.05) is 20.5 Å². The van der Waals surface area contributed by atoms with Gasteiger partial charge in [0.05, 0.1) is 11.8 Å². The maximum absolute atomic E-state index is 12.5. The molecule has 1 atom stereocenters. The molecule has 0 radical (unpaired) electrons. The maximum Gasteiger partial charge on any atom is 0.333 e. The lowest BCUT2D eigenvalue weighted by atomic mass is 9.99. The summed E-state index contributed by atoms with van der Waals surface area (Å²) in [6.45, 7) is 0. The van der Waals surface area contributed by atoms with E-state index in [-0.39, 0.29) is 23.6 Å². The zero-order chi connectivity index (χ0) is 19.0. The molecule has 136 valence electrons. The molecule has 0 saturated carbocycles. The highest BCUT2D eigenvalue weighted by Crippen LogP contribution is 2.33. The van der Waals surface area contributed by atoms with E-state index in [2.05, 4.69) is 5.10 Å². The molecule has 3 rings (SSSR count). The van der Waals surface area contributed by atoms with Crippen molar-refractivity contribution in [3.8, 4) is 5.88 Å². The third kappa shape index (κ3) is 2.82. The number of aromatic hydroxyl groups is 1. The van der Waals surface area contributed by atoms with Crippen molar-refractivity contribution in [3.63, 3.8) is 0 Å². The number of hydrogen-bond acceptors (Lipinski definition) is 5. The monoisotopic (exact) mass is 376 g/mol. The molecule has 0 saturated heterocycles. The third-order valence-electron chi connectivity index (χ3n) is 4.39. The van der Waals surface area contributed by atoms with E-state index in [1.54, 1.807) is 0 Å². The summed E-state index contributed by atoms with van der Waals surface area (Å²) >= 11 is 5.69. The Morgan fingerprint density at radius 1 is 1.23 bits per heavy atom. The largest absolute Gasteiger partial charge is 0.494 e. The second-order valence-electron chi connectivity index (χ2n) is 5.95. The van der Waals surface area contributed by atoms with Crippen molar-refractivity contribution in [1.82, 2.24) is 14.1 Å². The van der Waals surface area contributed by atoms with Crippen LogP contribution in [0.15, 0.2) is 45.0 Å². The Labute approximate surface area is 153 Å². The fourth-order valence-corrected chi connectivity index (χ4v) is 3.10. The van der Waals surface area contributed by atoms with Crippen molar-refractivity contribution in [1.29, 1.82) is 0 Å². The molecule has 1 aromatic heterocycles. The van der Waals surface area contributed by atoms with E-state index in [0.717, 1.165) is 14.7 Å². The highest BCUT2D eigenvalue weighted by molar-refractivity contribution is 6.27. The lowest BCUT2D eigenvalue weighted by Gasteiger charge is -2.21. The predicted octanol–water partition coefficient (Wildman–Crippen LogP) is 0.706. The molecule has 2 aromatic rings. The van der Waals surface area contributed by atoms with Gasteiger partial charge in [-0.1, -0.05) is 30.3 Å². The second kappa shape index (κ2) is 6.80. The Morgan fingerprint density at radius 3 is 2.50 bits per heavy atom. The number of carbonyl (C=O) groups excluding carboxylic acids is 1. The number of hydrazone groups is 1. The van der Waals surface area contributed by atoms with E-state index in [0.29, 0.717) is 0 Å². The van der Waals surface area contributed by atoms with E-state index >= 15 is 0 Å². The van der Waals surface area contributed by atoms with Gasteiger partial charge in [-0.25, -0.2) is 9.80 Å². The fourth-order valence-electron chi connectivity index (χ4n) is 2.97. The van der Waals surface area contributed by atoms with Gasteiger partial charge in [-0.15, -0.1) is 11.6 Å². The summed E-state index contributed by atoms with van der Waals surface area (Å²) in [6.07, 6.45) is 0.216. The van der Waals surface area contributed by atoms with Crippen LogP contribution in [0.3, 0.4) is 0 Å². The van der Waals surface area contributed by atoms with Gasteiger partial charge < -0.3 is 5.11 Å². The molecule has 1 aliphatic heterocycles. The van der Waals surface area contributed by atoms with Crippen molar-refractivity contribution < 1.29 is 9.90 Å². The zero-order valence-electron chi connectivity index (χ0n) is 14.2. The molecule has 1 unspecified atom stereocenters. The molecule has 1 aromatic carbocycles. The van der Waals surface area contributed by atoms with Crippen molar-refractivity contribution >= 4 is 23.2 Å². The third-order valence-corrected chi connectivity index (χ3v) is 4.62. The van der Waals surface area contributed by atoms with Gasteiger partial charge in [-0.05, 0) is 5.56 Å². The van der Waals surface area contributed by atoms with Gasteiger partial charge in [-0.3, -0.25) is 18.7 Å². The Kier molecular flexibility index (Phi) is 4.69. The first-order valence-corrected chi connectivity index (χ1v) is 8.40. The molecule has 9 heteroatoms. The molecule has 2 heterocycles. The molecule has 26 heavy (non-hydrogen) atoms. The van der Waals surface area contributed by atoms with Crippen molar-refractivity contribution in [2.75, 3.05) is 5.88 Å². The van der Waals surface area contributed by atoms with Crippen LogP contribution < -0.4 is 11.2 Å². The number of amides is 1. The first kappa shape index (κ1) is 17.9. The topological polar surface area (TPSA) is 96.9 Å². The van der Waals surface area contributed by atoms with Gasteiger partial charge in [-0.2, -0.15) is 5.10 Å². The Morgan fingerprint density at radius 2 is 1.88 bits per heavy atom. The van der Waals surface area contributed by atoms with Crippen LogP contribution in [0.2, 0.25) is 0 Å². The van der Waals surface area contributed by atoms with Gasteiger partial charge in [0.2, 0.25) is 5.88 Å². The van der Waals surface area contributed by atoms with Crippen LogP contribution in [0.25, 0.3) is 0 Å². The SMILES string of the molecule is Cn1c(O)c(C2=NN(C(=O)CCl)C(c3ccccc3)C2)c(=O)n(C)c1=O. The highest BCUT2D eigenvalue weighted by atomic mass is 35.5. The molecular weight excluding hydrogens is 360 g/mol. The number of halogens is 1. The van der Waals surface area contributed by atoms with Crippen LogP contribution in [0.1, 0.15) is 23.6 Å². The summed E-state index contributed by atoms with van der Waals surface area (Å²) in [5.41, 5.74) is -0.364. The lowest BCUT2D eigenvalue weighted by molar-refractivity contribution is -0.130. The smallest absolute Gasteiger partial charge is 0.333 e. The molecule has 0 spiro atoms. The van der Waals surface area contributed by atoms with Gasteiger partial charge >= 0.3 is 5.69 Å². The Hall–Kier alpha value is -2.87. The van der Waals surface area contributed by atoms with Crippen LogP contribution in [-0.4, -0.2) is 36.7 Å². The van der Waals surface area contributed by atoms with Gasteiger partial charge in [0.15, 0.2) is 0 Å². The average Bonchev–Trinajstić information content (AvgIpc) is 3.10. The zero-order valence-corrected chi connectivity index (χ0v) is 15.0. The molecule has 0 fully saturated rings. The molecular formula is C17H17ClN4O4. The molecule has 1 N–H and O–H groups in total. The average molecular weight is 377 g/mol. The Balaban J connectivity index is 2.15. The minimum atomic E-state index is -0.670. The Bertz CT molecular complexity index is 1010. The summed E-state index contributed by atoms with van der Waals surface area (Å²) in [5, 5.41) is 15.8. The van der Waals surface area contributed by atoms with E-state index in [9.17, 15) is 19.5 Å². The summed E-state index contributed by atoms with van der Waals surface area (Å²) in [4.78, 5) is 36.7. The number of nitrogens with zero attached hydrogens (tertiary/aromatic N) is 4. The van der Waals surface area contributed by atoms with E-state index < -0.39 is 29.1 Å². The number of hydrogen-bond donors (Lipinski definition) is 1. The standard InChI is InChI=1S/C17H17ClN4O4/c1-20-15(24)14(16(25)21(2)17(20)26)11-8-12(10-6-4-3-5-7-10)22(19-11)13(23)9-18/h3-7,12,24H,8-9H2,1-2H3. The van der Waals surface area contributed by atoms with Gasteiger partial charge in [0.1, 0.15) is 11.4 Å². The van der Waals surface area contributed by atoms with E-state index in [4.69, 9.17) is 11.6 Å². The first-order chi connectivity index (χ1) is 12.4.